The van der Waals surface area contributed by atoms with Crippen LogP contribution in [-0.4, -0.2) is 24.3 Å². The van der Waals surface area contributed by atoms with Crippen LogP contribution < -0.4 is 0 Å². The molecule has 1 saturated heterocycles. The van der Waals surface area contributed by atoms with Gasteiger partial charge in [-0.2, -0.15) is 0 Å². The van der Waals surface area contributed by atoms with Gasteiger partial charge in [0.15, 0.2) is 5.78 Å². The van der Waals surface area contributed by atoms with E-state index in [4.69, 9.17) is 0 Å². The van der Waals surface area contributed by atoms with Gasteiger partial charge in [-0.25, -0.2) is 0 Å². The minimum Gasteiger partial charge on any atom is -0.378 e. The summed E-state index contributed by atoms with van der Waals surface area (Å²) >= 11 is 1.51. The van der Waals surface area contributed by atoms with E-state index < -0.39 is 0 Å². The standard InChI is InChI=1S/C13H17NOS/c1-14-8-4-2-3-6-11(14)10-12(15)13-7-5-9-16-13/h5,7,9-10H,2-4,6,8H2,1H3/b11-10+. The van der Waals surface area contributed by atoms with Gasteiger partial charge in [0.1, 0.15) is 0 Å². The maximum atomic E-state index is 11.9. The van der Waals surface area contributed by atoms with Crippen molar-refractivity contribution in [3.05, 3.63) is 34.2 Å². The molecule has 16 heavy (non-hydrogen) atoms. The Labute approximate surface area is 101 Å². The van der Waals surface area contributed by atoms with E-state index in [9.17, 15) is 4.79 Å². The van der Waals surface area contributed by atoms with Crippen molar-refractivity contribution in [3.63, 3.8) is 0 Å². The van der Waals surface area contributed by atoms with Crippen LogP contribution in [-0.2, 0) is 0 Å². The quantitative estimate of drug-likeness (QED) is 0.579. The number of carbonyl (C=O) groups excluding carboxylic acids is 1. The summed E-state index contributed by atoms with van der Waals surface area (Å²) in [5.74, 6) is 0.152. The van der Waals surface area contributed by atoms with Crippen molar-refractivity contribution < 1.29 is 4.79 Å². The molecule has 1 aromatic heterocycles. The monoisotopic (exact) mass is 235 g/mol. The van der Waals surface area contributed by atoms with E-state index in [1.807, 2.05) is 23.6 Å². The number of thiophene rings is 1. The molecule has 0 bridgehead atoms. The Hall–Kier alpha value is -1.09. The van der Waals surface area contributed by atoms with Crippen LogP contribution in [0.3, 0.4) is 0 Å². The average Bonchev–Trinajstić information content (AvgIpc) is 2.73. The Morgan fingerprint density at radius 2 is 2.31 bits per heavy atom. The molecule has 0 N–H and O–H groups in total. The van der Waals surface area contributed by atoms with Gasteiger partial charge in [-0.05, 0) is 30.7 Å². The van der Waals surface area contributed by atoms with Crippen molar-refractivity contribution in [2.24, 2.45) is 0 Å². The van der Waals surface area contributed by atoms with Crippen LogP contribution in [0.15, 0.2) is 29.3 Å². The third-order valence-electron chi connectivity index (χ3n) is 2.98. The minimum absolute atomic E-state index is 0.152. The van der Waals surface area contributed by atoms with Crippen LogP contribution in [0.2, 0.25) is 0 Å². The molecule has 2 heterocycles. The largest absolute Gasteiger partial charge is 0.378 e. The lowest BCUT2D eigenvalue weighted by molar-refractivity contribution is 0.104. The molecule has 0 unspecified atom stereocenters. The van der Waals surface area contributed by atoms with Crippen molar-refractivity contribution in [2.75, 3.05) is 13.6 Å². The summed E-state index contributed by atoms with van der Waals surface area (Å²) in [6, 6.07) is 3.81. The fraction of sp³-hybridized carbons (Fsp3) is 0.462. The highest BCUT2D eigenvalue weighted by Gasteiger charge is 2.12. The number of carbonyl (C=O) groups is 1. The summed E-state index contributed by atoms with van der Waals surface area (Å²) in [7, 11) is 2.08. The maximum absolute atomic E-state index is 11.9. The van der Waals surface area contributed by atoms with Crippen molar-refractivity contribution in [3.8, 4) is 0 Å². The van der Waals surface area contributed by atoms with E-state index >= 15 is 0 Å². The molecule has 1 aliphatic rings. The van der Waals surface area contributed by atoms with E-state index in [1.54, 1.807) is 0 Å². The van der Waals surface area contributed by atoms with Gasteiger partial charge in [0.05, 0.1) is 4.88 Å². The number of hydrogen-bond acceptors (Lipinski definition) is 3. The molecule has 0 radical (unpaired) electrons. The fourth-order valence-corrected chi connectivity index (χ4v) is 2.63. The lowest BCUT2D eigenvalue weighted by Crippen LogP contribution is -2.17. The van der Waals surface area contributed by atoms with Gasteiger partial charge in [-0.1, -0.05) is 12.5 Å². The third-order valence-corrected chi connectivity index (χ3v) is 3.86. The summed E-state index contributed by atoms with van der Waals surface area (Å²) in [5.41, 5.74) is 1.19. The highest BCUT2D eigenvalue weighted by Crippen LogP contribution is 2.20. The van der Waals surface area contributed by atoms with Crippen molar-refractivity contribution in [2.45, 2.75) is 25.7 Å². The van der Waals surface area contributed by atoms with E-state index in [0.717, 1.165) is 17.8 Å². The fourth-order valence-electron chi connectivity index (χ4n) is 1.99. The lowest BCUT2D eigenvalue weighted by atomic mass is 10.1. The Bertz CT molecular complexity index is 381. The molecule has 0 atom stereocenters. The molecule has 86 valence electrons. The van der Waals surface area contributed by atoms with Crippen LogP contribution in [0.4, 0.5) is 0 Å². The Morgan fingerprint density at radius 1 is 1.44 bits per heavy atom. The summed E-state index contributed by atoms with van der Waals surface area (Å²) < 4.78 is 0. The molecule has 1 aliphatic heterocycles. The van der Waals surface area contributed by atoms with Gasteiger partial charge in [0.25, 0.3) is 0 Å². The van der Waals surface area contributed by atoms with Gasteiger partial charge in [0, 0.05) is 25.4 Å². The molecular formula is C13H17NOS. The van der Waals surface area contributed by atoms with Gasteiger partial charge < -0.3 is 4.90 Å². The first-order chi connectivity index (χ1) is 7.77. The molecule has 0 amide bonds. The SMILES string of the molecule is CN1CCCCC/C1=C\C(=O)c1cccs1. The molecule has 1 fully saturated rings. The van der Waals surface area contributed by atoms with Crippen LogP contribution >= 0.6 is 11.3 Å². The second-order valence-electron chi connectivity index (χ2n) is 4.21. The molecule has 3 heteroatoms. The van der Waals surface area contributed by atoms with Crippen molar-refractivity contribution in [1.29, 1.82) is 0 Å². The molecular weight excluding hydrogens is 218 g/mol. The first kappa shape index (κ1) is 11.4. The normalized spacial score (nSPS) is 19.8. The zero-order valence-corrected chi connectivity index (χ0v) is 10.4. The summed E-state index contributed by atoms with van der Waals surface area (Å²) in [4.78, 5) is 15.0. The zero-order chi connectivity index (χ0) is 11.4. The number of ketones is 1. The summed E-state index contributed by atoms with van der Waals surface area (Å²) in [6.07, 6.45) is 6.56. The molecule has 0 saturated carbocycles. The number of nitrogens with zero attached hydrogens (tertiary/aromatic N) is 1. The van der Waals surface area contributed by atoms with Crippen molar-refractivity contribution >= 4 is 17.1 Å². The lowest BCUT2D eigenvalue weighted by Gasteiger charge is -2.19. The minimum atomic E-state index is 0.152. The zero-order valence-electron chi connectivity index (χ0n) is 9.61. The highest BCUT2D eigenvalue weighted by atomic mass is 32.1. The molecule has 0 aliphatic carbocycles. The number of allylic oxidation sites excluding steroid dienone is 2. The third kappa shape index (κ3) is 2.73. The van der Waals surface area contributed by atoms with Crippen LogP contribution in [0.25, 0.3) is 0 Å². The number of hydrogen-bond donors (Lipinski definition) is 0. The topological polar surface area (TPSA) is 20.3 Å². The van der Waals surface area contributed by atoms with Gasteiger partial charge in [-0.15, -0.1) is 11.3 Å². The first-order valence-electron chi connectivity index (χ1n) is 5.77. The predicted octanol–water partition coefficient (Wildman–Crippen LogP) is 3.32. The van der Waals surface area contributed by atoms with Gasteiger partial charge >= 0.3 is 0 Å². The molecule has 1 aromatic rings. The summed E-state index contributed by atoms with van der Waals surface area (Å²) in [5, 5.41) is 1.95. The van der Waals surface area contributed by atoms with Gasteiger partial charge in [0.2, 0.25) is 0 Å². The first-order valence-corrected chi connectivity index (χ1v) is 6.65. The van der Waals surface area contributed by atoms with Gasteiger partial charge in [-0.3, -0.25) is 4.79 Å². The Kier molecular flexibility index (Phi) is 3.78. The van der Waals surface area contributed by atoms with E-state index in [2.05, 4.69) is 11.9 Å². The van der Waals surface area contributed by atoms with Crippen molar-refractivity contribution in [1.82, 2.24) is 4.90 Å². The summed E-state index contributed by atoms with van der Waals surface area (Å²) in [6.45, 7) is 1.07. The van der Waals surface area contributed by atoms with Crippen LogP contribution in [0, 0.1) is 0 Å². The number of rotatable bonds is 2. The maximum Gasteiger partial charge on any atom is 0.197 e. The highest BCUT2D eigenvalue weighted by molar-refractivity contribution is 7.12. The van der Waals surface area contributed by atoms with Crippen LogP contribution in [0.5, 0.6) is 0 Å². The molecule has 2 nitrogen and oxygen atoms in total. The molecule has 0 aromatic carbocycles. The number of likely N-dealkylation sites (tertiary alicyclic amines) is 1. The second-order valence-corrected chi connectivity index (χ2v) is 5.16. The molecule has 0 spiro atoms. The second kappa shape index (κ2) is 5.30. The Balaban J connectivity index is 2.12. The van der Waals surface area contributed by atoms with E-state index in [0.29, 0.717) is 0 Å². The van der Waals surface area contributed by atoms with Crippen LogP contribution in [0.1, 0.15) is 35.4 Å². The smallest absolute Gasteiger partial charge is 0.197 e. The molecule has 2 rings (SSSR count). The van der Waals surface area contributed by atoms with E-state index in [1.165, 1.54) is 36.3 Å². The predicted molar refractivity (Wildman–Crippen MR) is 67.8 cm³/mol. The average molecular weight is 235 g/mol. The van der Waals surface area contributed by atoms with E-state index in [-0.39, 0.29) is 5.78 Å². The Morgan fingerprint density at radius 3 is 3.06 bits per heavy atom.